The molecule has 0 aromatic carbocycles. The van der Waals surface area contributed by atoms with Crippen LogP contribution in [0, 0.1) is 0 Å². The second-order valence-corrected chi connectivity index (χ2v) is 22.8. The molecule has 0 spiro atoms. The van der Waals surface area contributed by atoms with Gasteiger partial charge in [0.1, 0.15) is 0 Å². The molecule has 75 heavy (non-hydrogen) atoms. The Morgan fingerprint density at radius 1 is 0.373 bits per heavy atom. The summed E-state index contributed by atoms with van der Waals surface area (Å²) in [6, 6.07) is -0.544. The van der Waals surface area contributed by atoms with Gasteiger partial charge < -0.3 is 20.3 Å². The van der Waals surface area contributed by atoms with Gasteiger partial charge in [0.2, 0.25) is 5.91 Å². The molecule has 0 aliphatic heterocycles. The number of aliphatic hydroxyl groups excluding tert-OH is 2. The fraction of sp³-hybridized carbons (Fsp3) is 0.855. The molecule has 0 rings (SSSR count). The van der Waals surface area contributed by atoms with Crippen LogP contribution in [0.5, 0.6) is 0 Å². The normalized spacial score (nSPS) is 12.9. The monoisotopic (exact) mass is 1050 g/mol. The predicted molar refractivity (Wildman–Crippen MR) is 329 cm³/mol. The van der Waals surface area contributed by atoms with Gasteiger partial charge in [-0.25, -0.2) is 0 Å². The number of esters is 1. The highest BCUT2D eigenvalue weighted by atomic mass is 16.5. The van der Waals surface area contributed by atoms with Gasteiger partial charge in [-0.2, -0.15) is 0 Å². The van der Waals surface area contributed by atoms with Gasteiger partial charge >= 0.3 is 5.97 Å². The topological polar surface area (TPSA) is 95.9 Å². The van der Waals surface area contributed by atoms with Crippen LogP contribution in [0.3, 0.4) is 0 Å². The van der Waals surface area contributed by atoms with Crippen molar-refractivity contribution in [3.05, 3.63) is 48.6 Å². The lowest BCUT2D eigenvalue weighted by Gasteiger charge is -2.22. The number of hydrogen-bond donors (Lipinski definition) is 3. The van der Waals surface area contributed by atoms with E-state index in [-0.39, 0.29) is 18.5 Å². The molecule has 0 aliphatic rings. The molecule has 1 amide bonds. The predicted octanol–water partition coefficient (Wildman–Crippen LogP) is 21.3. The van der Waals surface area contributed by atoms with E-state index in [1.54, 1.807) is 0 Å². The van der Waals surface area contributed by atoms with Crippen molar-refractivity contribution in [3.8, 4) is 0 Å². The molecule has 2 unspecified atom stereocenters. The van der Waals surface area contributed by atoms with Crippen molar-refractivity contribution in [2.75, 3.05) is 13.2 Å². The van der Waals surface area contributed by atoms with Gasteiger partial charge in [-0.15, -0.1) is 0 Å². The highest BCUT2D eigenvalue weighted by molar-refractivity contribution is 5.76. The standard InChI is InChI=1S/C69H129NO5/c1-3-5-7-9-11-13-15-17-18-19-29-33-36-39-43-47-51-55-59-63-69(74)75-64-60-56-52-48-44-40-37-34-31-28-26-24-22-20-21-23-25-27-30-32-35-38-42-46-50-54-58-62-68(73)70-66(65-71)67(72)61-57-53-49-45-41-16-14-12-10-8-6-4-2/h11,13,17-18,20-21,24,26,66-67,71-72H,3-10,12,14-16,19,22-23,25,27-65H2,1-2H3,(H,70,73)/b13-11-,18-17-,21-20-,26-24-. The Morgan fingerprint density at radius 3 is 1.04 bits per heavy atom. The summed E-state index contributed by atoms with van der Waals surface area (Å²) in [7, 11) is 0. The third-order valence-corrected chi connectivity index (χ3v) is 15.4. The zero-order valence-electron chi connectivity index (χ0n) is 50.3. The van der Waals surface area contributed by atoms with Crippen LogP contribution in [0.2, 0.25) is 0 Å². The van der Waals surface area contributed by atoms with Crippen molar-refractivity contribution in [2.24, 2.45) is 0 Å². The van der Waals surface area contributed by atoms with Gasteiger partial charge in [-0.3, -0.25) is 9.59 Å². The molecule has 3 N–H and O–H groups in total. The van der Waals surface area contributed by atoms with Crippen molar-refractivity contribution in [3.63, 3.8) is 0 Å². The molecular formula is C69H129NO5. The van der Waals surface area contributed by atoms with Crippen molar-refractivity contribution in [1.82, 2.24) is 5.32 Å². The molecule has 0 saturated heterocycles. The van der Waals surface area contributed by atoms with Crippen LogP contribution in [-0.2, 0) is 14.3 Å². The molecule has 0 aromatic rings. The third kappa shape index (κ3) is 60.9. The van der Waals surface area contributed by atoms with Crippen LogP contribution in [0.4, 0.5) is 0 Å². The van der Waals surface area contributed by atoms with Gasteiger partial charge in [0.15, 0.2) is 0 Å². The van der Waals surface area contributed by atoms with E-state index >= 15 is 0 Å². The molecule has 2 atom stereocenters. The van der Waals surface area contributed by atoms with E-state index < -0.39 is 12.1 Å². The van der Waals surface area contributed by atoms with Crippen LogP contribution < -0.4 is 5.32 Å². The fourth-order valence-corrected chi connectivity index (χ4v) is 10.2. The lowest BCUT2D eigenvalue weighted by atomic mass is 10.0. The van der Waals surface area contributed by atoms with Crippen LogP contribution in [0.1, 0.15) is 354 Å². The number of ether oxygens (including phenoxy) is 1. The van der Waals surface area contributed by atoms with E-state index in [1.807, 2.05) is 0 Å². The van der Waals surface area contributed by atoms with Gasteiger partial charge in [0.05, 0.1) is 25.4 Å². The zero-order chi connectivity index (χ0) is 54.3. The lowest BCUT2D eigenvalue weighted by molar-refractivity contribution is -0.143. The molecular weight excluding hydrogens is 923 g/mol. The zero-order valence-corrected chi connectivity index (χ0v) is 50.3. The Balaban J connectivity index is 3.40. The molecule has 6 nitrogen and oxygen atoms in total. The molecule has 0 fully saturated rings. The quantitative estimate of drug-likeness (QED) is 0.0320. The molecule has 6 heteroatoms. The SMILES string of the molecule is CCCCC/C=C\C/C=C\CCCCCCCCCCCC(=O)OCCCCCCCCCCC/C=C\C/C=C\CCCCCCCCCCCCCC(=O)NC(CO)C(O)CCCCCCCCCCCCCC. The summed E-state index contributed by atoms with van der Waals surface area (Å²) in [4.78, 5) is 24.6. The van der Waals surface area contributed by atoms with E-state index in [2.05, 4.69) is 67.8 Å². The highest BCUT2D eigenvalue weighted by Gasteiger charge is 2.20. The van der Waals surface area contributed by atoms with Crippen molar-refractivity contribution in [1.29, 1.82) is 0 Å². The number of carbonyl (C=O) groups is 2. The van der Waals surface area contributed by atoms with E-state index in [9.17, 15) is 19.8 Å². The van der Waals surface area contributed by atoms with Crippen LogP contribution in [0.15, 0.2) is 48.6 Å². The van der Waals surface area contributed by atoms with E-state index in [0.717, 1.165) is 57.8 Å². The molecule has 0 saturated carbocycles. The Morgan fingerprint density at radius 2 is 0.667 bits per heavy atom. The Bertz CT molecular complexity index is 1260. The van der Waals surface area contributed by atoms with Gasteiger partial charge in [-0.1, -0.05) is 300 Å². The van der Waals surface area contributed by atoms with Gasteiger partial charge in [0.25, 0.3) is 0 Å². The van der Waals surface area contributed by atoms with Crippen LogP contribution in [-0.4, -0.2) is 47.4 Å². The number of aliphatic hydroxyl groups is 2. The molecule has 440 valence electrons. The van der Waals surface area contributed by atoms with Gasteiger partial charge in [0, 0.05) is 12.8 Å². The molecule has 0 heterocycles. The Kier molecular flexibility index (Phi) is 62.5. The summed E-state index contributed by atoms with van der Waals surface area (Å²) in [5.41, 5.74) is 0. The first-order valence-corrected chi connectivity index (χ1v) is 33.4. The minimum Gasteiger partial charge on any atom is -0.466 e. The second-order valence-electron chi connectivity index (χ2n) is 22.8. The minimum absolute atomic E-state index is 0.00681. The smallest absolute Gasteiger partial charge is 0.305 e. The average molecular weight is 1050 g/mol. The lowest BCUT2D eigenvalue weighted by Crippen LogP contribution is -2.45. The average Bonchev–Trinajstić information content (AvgIpc) is 3.41. The Labute approximate surface area is 467 Å². The maximum absolute atomic E-state index is 12.5. The summed E-state index contributed by atoms with van der Waals surface area (Å²) in [5.74, 6) is -0.0312. The number of rotatable bonds is 62. The number of carbonyl (C=O) groups excluding carboxylic acids is 2. The molecule has 0 bridgehead atoms. The van der Waals surface area contributed by atoms with E-state index in [4.69, 9.17) is 4.74 Å². The van der Waals surface area contributed by atoms with E-state index in [1.165, 1.54) is 263 Å². The fourth-order valence-electron chi connectivity index (χ4n) is 10.2. The maximum atomic E-state index is 12.5. The molecule has 0 aromatic heterocycles. The first kappa shape index (κ1) is 72.8. The maximum Gasteiger partial charge on any atom is 0.305 e. The van der Waals surface area contributed by atoms with Crippen LogP contribution >= 0.6 is 0 Å². The molecule has 0 aliphatic carbocycles. The van der Waals surface area contributed by atoms with Gasteiger partial charge in [-0.05, 0) is 89.9 Å². The number of unbranched alkanes of at least 4 members (excludes halogenated alkanes) is 43. The first-order valence-electron chi connectivity index (χ1n) is 33.4. The summed E-state index contributed by atoms with van der Waals surface area (Å²) in [6.45, 7) is 4.93. The summed E-state index contributed by atoms with van der Waals surface area (Å²) in [5, 5.41) is 23.2. The number of amides is 1. The number of hydrogen-bond acceptors (Lipinski definition) is 5. The summed E-state index contributed by atoms with van der Waals surface area (Å²) >= 11 is 0. The number of allylic oxidation sites excluding steroid dienone is 8. The second kappa shape index (κ2) is 64.3. The highest BCUT2D eigenvalue weighted by Crippen LogP contribution is 2.17. The summed E-state index contributed by atoms with van der Waals surface area (Å²) in [6.07, 6.45) is 82.8. The third-order valence-electron chi connectivity index (χ3n) is 15.4. The van der Waals surface area contributed by atoms with Crippen LogP contribution in [0.25, 0.3) is 0 Å². The largest absolute Gasteiger partial charge is 0.466 e. The Hall–Kier alpha value is -2.18. The van der Waals surface area contributed by atoms with Crippen molar-refractivity contribution < 1.29 is 24.5 Å². The van der Waals surface area contributed by atoms with E-state index in [0.29, 0.717) is 25.9 Å². The van der Waals surface area contributed by atoms with Crippen molar-refractivity contribution in [2.45, 2.75) is 366 Å². The first-order chi connectivity index (χ1) is 37.0. The number of nitrogens with one attached hydrogen (secondary N) is 1. The van der Waals surface area contributed by atoms with Crippen molar-refractivity contribution >= 4 is 11.9 Å². The molecule has 0 radical (unpaired) electrons. The summed E-state index contributed by atoms with van der Waals surface area (Å²) < 4.78 is 5.50. The minimum atomic E-state index is -0.666.